The molecule has 0 bridgehead atoms. The summed E-state index contributed by atoms with van der Waals surface area (Å²) in [6.45, 7) is 16.2. The summed E-state index contributed by atoms with van der Waals surface area (Å²) >= 11 is 0. The summed E-state index contributed by atoms with van der Waals surface area (Å²) < 4.78 is 36.2. The molecule has 6 fully saturated rings. The highest BCUT2D eigenvalue weighted by molar-refractivity contribution is 5.47. The Morgan fingerprint density at radius 2 is 1.29 bits per heavy atom. The molecular weight excluding hydrogens is 849 g/mol. The molecule has 3 saturated carbocycles. The summed E-state index contributed by atoms with van der Waals surface area (Å²) in [5.41, 5.74) is 0.777. The van der Waals surface area contributed by atoms with Crippen molar-refractivity contribution in [2.75, 3.05) is 19.8 Å². The lowest BCUT2D eigenvalue weighted by Gasteiger charge is -2.70. The van der Waals surface area contributed by atoms with E-state index in [9.17, 15) is 56.2 Å². The highest BCUT2D eigenvalue weighted by atomic mass is 16.8. The van der Waals surface area contributed by atoms with Crippen LogP contribution in [0.15, 0.2) is 23.3 Å². The van der Waals surface area contributed by atoms with Gasteiger partial charge in [-0.2, -0.15) is 0 Å². The number of fused-ring (bicyclic) bond motifs is 6. The Hall–Kier alpha value is -1.20. The molecule has 8 rings (SSSR count). The van der Waals surface area contributed by atoms with E-state index in [1.165, 1.54) is 18.1 Å². The van der Waals surface area contributed by atoms with Gasteiger partial charge >= 0.3 is 0 Å². The average molecular weight is 927 g/mol. The van der Waals surface area contributed by atoms with Crippen molar-refractivity contribution in [2.24, 2.45) is 44.3 Å². The van der Waals surface area contributed by atoms with E-state index in [-0.39, 0.29) is 40.1 Å². The first kappa shape index (κ1) is 50.2. The van der Waals surface area contributed by atoms with E-state index >= 15 is 0 Å². The van der Waals surface area contributed by atoms with Crippen molar-refractivity contribution in [3.8, 4) is 0 Å². The van der Waals surface area contributed by atoms with Gasteiger partial charge in [0.25, 0.3) is 0 Å². The third-order valence-electron chi connectivity index (χ3n) is 18.8. The van der Waals surface area contributed by atoms with Gasteiger partial charge in [-0.15, -0.1) is 0 Å². The van der Waals surface area contributed by atoms with Gasteiger partial charge in [0.2, 0.25) is 0 Å². The maximum atomic E-state index is 12.1. The molecule has 23 atom stereocenters. The smallest absolute Gasteiger partial charge is 0.187 e. The number of rotatable bonds is 9. The van der Waals surface area contributed by atoms with Crippen LogP contribution in [-0.2, 0) is 28.4 Å². The monoisotopic (exact) mass is 927 g/mol. The lowest BCUT2D eigenvalue weighted by molar-refractivity contribution is -0.373. The van der Waals surface area contributed by atoms with Crippen LogP contribution in [0, 0.1) is 44.3 Å². The van der Waals surface area contributed by atoms with Crippen LogP contribution < -0.4 is 0 Å². The van der Waals surface area contributed by atoms with E-state index in [1.807, 2.05) is 0 Å². The molecule has 0 aromatic carbocycles. The van der Waals surface area contributed by atoms with Crippen LogP contribution in [0.1, 0.15) is 107 Å². The quantitative estimate of drug-likeness (QED) is 0.141. The Morgan fingerprint density at radius 3 is 1.97 bits per heavy atom. The van der Waals surface area contributed by atoms with Crippen molar-refractivity contribution in [3.63, 3.8) is 0 Å². The predicted molar refractivity (Wildman–Crippen MR) is 230 cm³/mol. The second kappa shape index (κ2) is 17.6. The summed E-state index contributed by atoms with van der Waals surface area (Å²) in [7, 11) is 0. The van der Waals surface area contributed by atoms with E-state index in [1.54, 1.807) is 0 Å². The SMILES string of the molecule is C[C@@H]1O[C@@H](O[C@H]2[C@H](O)[C@@H](O)[C@H](O[C@H]3CC[C@]4(C)[C@H]5C=CC6=C7CC(C)(C)CC[C@]7(CO)[C@@H](O)C[C@@]6(C)[C@]5(C)CC[C@H]4C3(C)C)O[C@@H]2CO[C@@H]2O[C@H](CO)[C@@H](O)[C@H](O)[C@H]2O)[C@H](O)[C@H](O)[C@H]1O. The first-order valence-electron chi connectivity index (χ1n) is 24.0. The maximum Gasteiger partial charge on any atom is 0.187 e. The molecule has 0 spiro atoms. The molecule has 0 amide bonds. The van der Waals surface area contributed by atoms with Gasteiger partial charge in [0.1, 0.15) is 67.1 Å². The zero-order valence-electron chi connectivity index (χ0n) is 39.3. The van der Waals surface area contributed by atoms with Crippen molar-refractivity contribution < 1.29 is 84.6 Å². The molecule has 372 valence electrons. The fourth-order valence-electron chi connectivity index (χ4n) is 14.4. The first-order valence-corrected chi connectivity index (χ1v) is 24.0. The van der Waals surface area contributed by atoms with E-state index < -0.39 is 128 Å². The maximum absolute atomic E-state index is 12.1. The van der Waals surface area contributed by atoms with Gasteiger partial charge in [0.05, 0.1) is 38.1 Å². The average Bonchev–Trinajstić information content (AvgIpc) is 3.24. The number of allylic oxidation sites excluding steroid dienone is 3. The van der Waals surface area contributed by atoms with E-state index in [4.69, 9.17) is 28.4 Å². The van der Waals surface area contributed by atoms with Gasteiger partial charge in [-0.05, 0) is 97.4 Å². The molecule has 3 aliphatic heterocycles. The zero-order valence-corrected chi connectivity index (χ0v) is 39.3. The highest BCUT2D eigenvalue weighted by Crippen LogP contribution is 2.74. The van der Waals surface area contributed by atoms with Crippen molar-refractivity contribution in [2.45, 2.75) is 211 Å². The van der Waals surface area contributed by atoms with Crippen LogP contribution in [0.4, 0.5) is 0 Å². The van der Waals surface area contributed by atoms with Crippen LogP contribution in [0.2, 0.25) is 0 Å². The van der Waals surface area contributed by atoms with Gasteiger partial charge in [-0.1, -0.05) is 66.2 Å². The van der Waals surface area contributed by atoms with E-state index in [0.29, 0.717) is 12.8 Å². The normalized spacial score (nSPS) is 54.0. The molecule has 17 nitrogen and oxygen atoms in total. The summed E-state index contributed by atoms with van der Waals surface area (Å²) in [5.74, 6) is 0.308. The van der Waals surface area contributed by atoms with Crippen LogP contribution in [0.3, 0.4) is 0 Å². The molecule has 3 heterocycles. The summed E-state index contributed by atoms with van der Waals surface area (Å²) in [5, 5.41) is 119. The molecule has 0 aromatic heterocycles. The summed E-state index contributed by atoms with van der Waals surface area (Å²) in [6.07, 6.45) is -13.2. The standard InChI is InChI=1S/C48H78O17/c1-22-31(52)33(54)37(58)41(61-22)65-39-26(20-60-40-36(57)34(55)32(53)25(19-49)62-40)63-42(38(59)35(39)56)64-30-12-13-45(6)27(44(30,4)5)11-14-46(7)28(45)10-9-23-24-17-43(2,3)15-16-48(24,21-50)29(51)18-47(23,46)8/h9-10,22,25-42,49-59H,11-21H2,1-8H3/t22-,25+,26+,27-,28+,29-,30-,31-,32+,33+,34-,35+,36+,37+,38+,39+,40+,41-,42-,45-,46+,47+,48+/m0/s1. The highest BCUT2D eigenvalue weighted by Gasteiger charge is 2.68. The molecule has 0 aromatic rings. The largest absolute Gasteiger partial charge is 0.395 e. The third kappa shape index (κ3) is 7.87. The van der Waals surface area contributed by atoms with Gasteiger partial charge in [-0.25, -0.2) is 0 Å². The Morgan fingerprint density at radius 1 is 0.662 bits per heavy atom. The third-order valence-corrected chi connectivity index (χ3v) is 18.8. The Kier molecular flexibility index (Phi) is 13.6. The summed E-state index contributed by atoms with van der Waals surface area (Å²) in [4.78, 5) is 0. The minimum atomic E-state index is -1.76. The summed E-state index contributed by atoms with van der Waals surface area (Å²) in [6, 6.07) is 0. The van der Waals surface area contributed by atoms with Gasteiger partial charge < -0.3 is 84.6 Å². The molecule has 65 heavy (non-hydrogen) atoms. The first-order chi connectivity index (χ1) is 30.3. The fraction of sp³-hybridized carbons (Fsp3) is 0.917. The van der Waals surface area contributed by atoms with Crippen LogP contribution in [-0.4, -0.2) is 180 Å². The second-order valence-electron chi connectivity index (χ2n) is 23.3. The van der Waals surface area contributed by atoms with Crippen LogP contribution in [0.5, 0.6) is 0 Å². The Bertz CT molecular complexity index is 1790. The lowest BCUT2D eigenvalue weighted by Crippen LogP contribution is -2.66. The number of aliphatic hydroxyl groups excluding tert-OH is 11. The minimum Gasteiger partial charge on any atom is -0.395 e. The lowest BCUT2D eigenvalue weighted by atomic mass is 9.35. The second-order valence-corrected chi connectivity index (χ2v) is 23.3. The van der Waals surface area contributed by atoms with Crippen molar-refractivity contribution in [1.82, 2.24) is 0 Å². The number of hydrogen-bond donors (Lipinski definition) is 11. The number of aliphatic hydroxyl groups is 11. The number of ether oxygens (including phenoxy) is 6. The Labute approximate surface area is 382 Å². The molecule has 0 radical (unpaired) electrons. The minimum absolute atomic E-state index is 0.0621. The number of hydrogen-bond acceptors (Lipinski definition) is 17. The van der Waals surface area contributed by atoms with Gasteiger partial charge in [-0.3, -0.25) is 0 Å². The molecule has 8 aliphatic rings. The van der Waals surface area contributed by atoms with Crippen molar-refractivity contribution >= 4 is 0 Å². The van der Waals surface area contributed by atoms with Crippen LogP contribution >= 0.6 is 0 Å². The molecular formula is C48H78O17. The molecule has 5 aliphatic carbocycles. The van der Waals surface area contributed by atoms with Gasteiger partial charge in [0.15, 0.2) is 18.9 Å². The van der Waals surface area contributed by atoms with Crippen molar-refractivity contribution in [1.29, 1.82) is 0 Å². The zero-order chi connectivity index (χ0) is 47.6. The molecule has 11 N–H and O–H groups in total. The molecule has 17 heteroatoms. The van der Waals surface area contributed by atoms with E-state index in [0.717, 1.165) is 38.5 Å². The van der Waals surface area contributed by atoms with Gasteiger partial charge in [0, 0.05) is 10.8 Å². The van der Waals surface area contributed by atoms with Crippen LogP contribution in [0.25, 0.3) is 0 Å². The van der Waals surface area contributed by atoms with Crippen molar-refractivity contribution in [3.05, 3.63) is 23.3 Å². The fourth-order valence-corrected chi connectivity index (χ4v) is 14.4. The molecule has 3 saturated heterocycles. The predicted octanol–water partition coefficient (Wildman–Crippen LogP) is 0.532. The molecule has 0 unspecified atom stereocenters. The Balaban J connectivity index is 1.04. The topological polar surface area (TPSA) is 278 Å². The van der Waals surface area contributed by atoms with E-state index in [2.05, 4.69) is 60.6 Å².